The molecule has 1 heterocycles. The summed E-state index contributed by atoms with van der Waals surface area (Å²) in [5.74, 6) is -0.221. The first kappa shape index (κ1) is 11.5. The summed E-state index contributed by atoms with van der Waals surface area (Å²) in [4.78, 5) is 0. The summed E-state index contributed by atoms with van der Waals surface area (Å²) in [7, 11) is 0. The number of nitrogen functional groups attached to an aromatic ring is 1. The van der Waals surface area contributed by atoms with E-state index in [-0.39, 0.29) is 18.2 Å². The number of benzene rings is 1. The first-order valence-corrected chi connectivity index (χ1v) is 4.27. The molecule has 2 N–H and O–H groups in total. The van der Waals surface area contributed by atoms with Gasteiger partial charge in [-0.3, -0.25) is 4.68 Å². The largest absolute Gasteiger partial charge is 1.00 e. The van der Waals surface area contributed by atoms with Crippen LogP contribution in [0.1, 0.15) is 5.56 Å². The lowest BCUT2D eigenvalue weighted by molar-refractivity contribution is -0.00000352. The van der Waals surface area contributed by atoms with Gasteiger partial charge in [0.1, 0.15) is 5.82 Å². The summed E-state index contributed by atoms with van der Waals surface area (Å²) in [5, 5.41) is 3.98. The Morgan fingerprint density at radius 3 is 2.67 bits per heavy atom. The molecule has 0 bridgehead atoms. The summed E-state index contributed by atoms with van der Waals surface area (Å²) in [6.45, 7) is 0.407. The van der Waals surface area contributed by atoms with Crippen LogP contribution in [0.3, 0.4) is 0 Å². The van der Waals surface area contributed by atoms with E-state index in [1.54, 1.807) is 35.3 Å². The number of hydrogen-bond donors (Lipinski definition) is 1. The third-order valence-corrected chi connectivity index (χ3v) is 1.94. The number of rotatable bonds is 2. The van der Waals surface area contributed by atoms with Gasteiger partial charge in [0.05, 0.1) is 18.4 Å². The number of hydrogen-bond acceptors (Lipinski definition) is 2. The lowest BCUT2D eigenvalue weighted by atomic mass is 10.2. The highest BCUT2D eigenvalue weighted by atomic mass is 35.5. The van der Waals surface area contributed by atoms with Crippen molar-refractivity contribution in [2.75, 3.05) is 5.73 Å². The van der Waals surface area contributed by atoms with Crippen molar-refractivity contribution in [1.82, 2.24) is 9.78 Å². The second-order valence-corrected chi connectivity index (χ2v) is 3.06. The zero-order chi connectivity index (χ0) is 9.97. The molecule has 0 radical (unpaired) electrons. The zero-order valence-electron chi connectivity index (χ0n) is 7.90. The number of nitrogens with two attached hydrogens (primary N) is 1. The normalized spacial score (nSPS) is 9.67. The van der Waals surface area contributed by atoms with Crippen LogP contribution in [0, 0.1) is 5.82 Å². The second kappa shape index (κ2) is 4.79. The fourth-order valence-electron chi connectivity index (χ4n) is 1.27. The smallest absolute Gasteiger partial charge is 0.128 e. The zero-order valence-corrected chi connectivity index (χ0v) is 8.65. The minimum absolute atomic E-state index is 0. The van der Waals surface area contributed by atoms with Crippen molar-refractivity contribution in [3.05, 3.63) is 48.0 Å². The lowest BCUT2D eigenvalue weighted by Gasteiger charge is -2.02. The molecule has 0 fully saturated rings. The van der Waals surface area contributed by atoms with Crippen molar-refractivity contribution in [3.63, 3.8) is 0 Å². The number of nitrogens with zero attached hydrogens (tertiary/aromatic N) is 2. The number of anilines is 1. The Kier molecular flexibility index (Phi) is 3.68. The van der Waals surface area contributed by atoms with Crippen LogP contribution in [0.5, 0.6) is 0 Å². The van der Waals surface area contributed by atoms with Crippen LogP contribution in [0.25, 0.3) is 0 Å². The second-order valence-electron chi connectivity index (χ2n) is 3.06. The Morgan fingerprint density at radius 2 is 2.07 bits per heavy atom. The molecular formula is C10H10ClFN3-. The molecule has 0 spiro atoms. The van der Waals surface area contributed by atoms with E-state index in [1.807, 2.05) is 0 Å². The molecule has 0 atom stereocenters. The molecule has 0 saturated heterocycles. The Hall–Kier alpha value is -1.55. The fourth-order valence-corrected chi connectivity index (χ4v) is 1.27. The standard InChI is InChI=1S/C10H10FN3.ClH/c11-10-4-2-1-3-8(10)6-14-7-9(12)5-13-14;/h1-5,7H,6,12H2;1H/p-1. The van der Waals surface area contributed by atoms with Crippen LogP contribution in [0.4, 0.5) is 10.1 Å². The average Bonchev–Trinajstić information content (AvgIpc) is 2.56. The quantitative estimate of drug-likeness (QED) is 0.689. The third-order valence-electron chi connectivity index (χ3n) is 1.94. The van der Waals surface area contributed by atoms with Gasteiger partial charge in [0.2, 0.25) is 0 Å². The van der Waals surface area contributed by atoms with Gasteiger partial charge >= 0.3 is 0 Å². The van der Waals surface area contributed by atoms with Crippen LogP contribution in [0.15, 0.2) is 36.7 Å². The van der Waals surface area contributed by atoms with Gasteiger partial charge in [-0.2, -0.15) is 5.10 Å². The minimum atomic E-state index is -0.221. The van der Waals surface area contributed by atoms with Gasteiger partial charge < -0.3 is 18.1 Å². The molecule has 1 aromatic carbocycles. The minimum Gasteiger partial charge on any atom is -1.00 e. The summed E-state index contributed by atoms with van der Waals surface area (Å²) in [6.07, 6.45) is 3.22. The topological polar surface area (TPSA) is 43.8 Å². The molecule has 0 saturated carbocycles. The maximum Gasteiger partial charge on any atom is 0.128 e. The third kappa shape index (κ3) is 2.70. The molecule has 5 heteroatoms. The molecule has 2 aromatic rings. The van der Waals surface area contributed by atoms with E-state index in [1.165, 1.54) is 6.07 Å². The molecule has 2 rings (SSSR count). The van der Waals surface area contributed by atoms with Gasteiger partial charge in [-0.25, -0.2) is 4.39 Å². The van der Waals surface area contributed by atoms with Gasteiger partial charge in [-0.15, -0.1) is 0 Å². The van der Waals surface area contributed by atoms with E-state index < -0.39 is 0 Å². The molecule has 0 unspecified atom stereocenters. The Balaban J connectivity index is 0.00000112. The van der Waals surface area contributed by atoms with E-state index in [9.17, 15) is 4.39 Å². The summed E-state index contributed by atoms with van der Waals surface area (Å²) >= 11 is 0. The molecule has 15 heavy (non-hydrogen) atoms. The van der Waals surface area contributed by atoms with Crippen LogP contribution < -0.4 is 18.1 Å². The van der Waals surface area contributed by atoms with Crippen molar-refractivity contribution in [1.29, 1.82) is 0 Å². The van der Waals surface area contributed by atoms with Gasteiger partial charge in [-0.05, 0) is 6.07 Å². The van der Waals surface area contributed by atoms with Crippen molar-refractivity contribution >= 4 is 5.69 Å². The van der Waals surface area contributed by atoms with Crippen LogP contribution in [-0.4, -0.2) is 9.78 Å². The lowest BCUT2D eigenvalue weighted by Crippen LogP contribution is -3.00. The predicted molar refractivity (Wildman–Crippen MR) is 52.1 cm³/mol. The average molecular weight is 227 g/mol. The first-order chi connectivity index (χ1) is 6.75. The maximum absolute atomic E-state index is 13.2. The summed E-state index contributed by atoms with van der Waals surface area (Å²) in [6, 6.07) is 6.62. The van der Waals surface area contributed by atoms with E-state index in [0.29, 0.717) is 17.8 Å². The van der Waals surface area contributed by atoms with E-state index in [0.717, 1.165) is 0 Å². The van der Waals surface area contributed by atoms with Gasteiger partial charge in [0, 0.05) is 11.8 Å². The van der Waals surface area contributed by atoms with Gasteiger partial charge in [0.25, 0.3) is 0 Å². The Morgan fingerprint density at radius 1 is 1.33 bits per heavy atom. The molecule has 0 aliphatic heterocycles. The molecule has 80 valence electrons. The summed E-state index contributed by atoms with van der Waals surface area (Å²) in [5.41, 5.74) is 6.68. The van der Waals surface area contributed by atoms with Crippen molar-refractivity contribution in [2.24, 2.45) is 0 Å². The first-order valence-electron chi connectivity index (χ1n) is 4.27. The monoisotopic (exact) mass is 226 g/mol. The molecule has 3 nitrogen and oxygen atoms in total. The van der Waals surface area contributed by atoms with Crippen LogP contribution in [-0.2, 0) is 6.54 Å². The Labute approximate surface area is 93.1 Å². The predicted octanol–water partition coefficient (Wildman–Crippen LogP) is -1.34. The van der Waals surface area contributed by atoms with Gasteiger partial charge in [0.15, 0.2) is 0 Å². The molecule has 1 aromatic heterocycles. The highest BCUT2D eigenvalue weighted by Crippen LogP contribution is 2.08. The molecule has 0 aliphatic carbocycles. The van der Waals surface area contributed by atoms with Crippen LogP contribution >= 0.6 is 0 Å². The van der Waals surface area contributed by atoms with Crippen molar-refractivity contribution in [3.8, 4) is 0 Å². The maximum atomic E-state index is 13.2. The van der Waals surface area contributed by atoms with E-state index in [4.69, 9.17) is 5.73 Å². The SMILES string of the molecule is Nc1cnn(Cc2ccccc2F)c1.[Cl-]. The summed E-state index contributed by atoms with van der Waals surface area (Å²) < 4.78 is 14.8. The van der Waals surface area contributed by atoms with Crippen LogP contribution in [0.2, 0.25) is 0 Å². The Bertz CT molecular complexity index is 442. The van der Waals surface area contributed by atoms with E-state index in [2.05, 4.69) is 5.10 Å². The van der Waals surface area contributed by atoms with Crippen molar-refractivity contribution < 1.29 is 16.8 Å². The van der Waals surface area contributed by atoms with Crippen molar-refractivity contribution in [2.45, 2.75) is 6.54 Å². The van der Waals surface area contributed by atoms with Gasteiger partial charge in [-0.1, -0.05) is 18.2 Å². The number of aromatic nitrogens is 2. The fraction of sp³-hybridized carbons (Fsp3) is 0.100. The highest BCUT2D eigenvalue weighted by molar-refractivity contribution is 5.31. The van der Waals surface area contributed by atoms with E-state index >= 15 is 0 Å². The highest BCUT2D eigenvalue weighted by Gasteiger charge is 2.01. The molecule has 0 amide bonds. The molecular weight excluding hydrogens is 217 g/mol. The number of halogens is 2. The molecule has 0 aliphatic rings.